The first-order valence-electron chi connectivity index (χ1n) is 6.72. The summed E-state index contributed by atoms with van der Waals surface area (Å²) in [6, 6.07) is 16.6. The Hall–Kier alpha value is -1.17. The van der Waals surface area contributed by atoms with Crippen molar-refractivity contribution in [1.82, 2.24) is 4.72 Å². The van der Waals surface area contributed by atoms with E-state index in [1.807, 2.05) is 49.4 Å². The van der Waals surface area contributed by atoms with E-state index < -0.39 is 10.0 Å². The molecule has 112 valence electrons. The summed E-state index contributed by atoms with van der Waals surface area (Å²) < 4.78 is 27.3. The lowest BCUT2D eigenvalue weighted by Crippen LogP contribution is -2.34. The van der Waals surface area contributed by atoms with Crippen LogP contribution in [0.4, 0.5) is 0 Å². The fourth-order valence-corrected chi connectivity index (χ4v) is 3.72. The zero-order valence-corrected chi connectivity index (χ0v) is 14.2. The van der Waals surface area contributed by atoms with Crippen molar-refractivity contribution >= 4 is 26.0 Å². The van der Waals surface area contributed by atoms with Crippen molar-refractivity contribution in [2.75, 3.05) is 0 Å². The Labute approximate surface area is 134 Å². The van der Waals surface area contributed by atoms with E-state index in [1.54, 1.807) is 12.1 Å². The van der Waals surface area contributed by atoms with Crippen molar-refractivity contribution in [3.8, 4) is 0 Å². The highest BCUT2D eigenvalue weighted by Gasteiger charge is 2.17. The fraction of sp³-hybridized carbons (Fsp3) is 0.250. The molecule has 0 spiro atoms. The van der Waals surface area contributed by atoms with Crippen molar-refractivity contribution in [3.63, 3.8) is 0 Å². The Kier molecular flexibility index (Phi) is 5.56. The molecule has 0 heterocycles. The van der Waals surface area contributed by atoms with Gasteiger partial charge in [-0.3, -0.25) is 0 Å². The molecule has 5 heteroatoms. The molecule has 2 aromatic rings. The Bertz CT molecular complexity index is 669. The number of nitrogens with one attached hydrogen (secondary N) is 1. The quantitative estimate of drug-likeness (QED) is 0.794. The van der Waals surface area contributed by atoms with E-state index in [1.165, 1.54) is 0 Å². The number of rotatable bonds is 6. The van der Waals surface area contributed by atoms with Crippen molar-refractivity contribution in [2.45, 2.75) is 29.6 Å². The van der Waals surface area contributed by atoms with Crippen LogP contribution in [0.25, 0.3) is 0 Å². The third-order valence-corrected chi connectivity index (χ3v) is 5.38. The van der Waals surface area contributed by atoms with Crippen LogP contribution in [0.15, 0.2) is 59.5 Å². The van der Waals surface area contributed by atoms with E-state index >= 15 is 0 Å². The van der Waals surface area contributed by atoms with Gasteiger partial charge in [0.1, 0.15) is 0 Å². The predicted octanol–water partition coefficient (Wildman–Crippen LogP) is 3.49. The van der Waals surface area contributed by atoms with Crippen LogP contribution >= 0.6 is 15.9 Å². The van der Waals surface area contributed by atoms with Gasteiger partial charge in [-0.15, -0.1) is 0 Å². The summed E-state index contributed by atoms with van der Waals surface area (Å²) in [6.45, 7) is 1.87. The zero-order chi connectivity index (χ0) is 15.3. The minimum Gasteiger partial charge on any atom is -0.208 e. The molecule has 0 aromatic heterocycles. The molecule has 1 unspecified atom stereocenters. The Morgan fingerprint density at radius 1 is 1.00 bits per heavy atom. The van der Waals surface area contributed by atoms with Gasteiger partial charge in [0.15, 0.2) is 0 Å². The van der Waals surface area contributed by atoms with E-state index in [2.05, 4.69) is 20.7 Å². The summed E-state index contributed by atoms with van der Waals surface area (Å²) in [5.41, 5.74) is 2.16. The largest absolute Gasteiger partial charge is 0.240 e. The van der Waals surface area contributed by atoms with Gasteiger partial charge in [-0.1, -0.05) is 58.4 Å². The van der Waals surface area contributed by atoms with Gasteiger partial charge in [0.25, 0.3) is 0 Å². The number of alkyl halides is 1. The molecule has 0 amide bonds. The summed E-state index contributed by atoms with van der Waals surface area (Å²) in [4.78, 5) is 0.298. The van der Waals surface area contributed by atoms with E-state index in [0.717, 1.165) is 11.1 Å². The Balaban J connectivity index is 2.05. The smallest absolute Gasteiger partial charge is 0.208 e. The van der Waals surface area contributed by atoms with Crippen LogP contribution in [0.5, 0.6) is 0 Å². The number of halogens is 1. The lowest BCUT2D eigenvalue weighted by molar-refractivity contribution is 0.560. The van der Waals surface area contributed by atoms with Crippen LogP contribution in [0.3, 0.4) is 0 Å². The molecule has 0 fully saturated rings. The van der Waals surface area contributed by atoms with Gasteiger partial charge in [0, 0.05) is 11.4 Å². The molecule has 1 N–H and O–H groups in total. The second-order valence-electron chi connectivity index (χ2n) is 4.99. The van der Waals surface area contributed by atoms with Crippen LogP contribution in [0.2, 0.25) is 0 Å². The third-order valence-electron chi connectivity index (χ3n) is 3.13. The van der Waals surface area contributed by atoms with E-state index in [0.29, 0.717) is 16.6 Å². The summed E-state index contributed by atoms with van der Waals surface area (Å²) in [7, 11) is -3.47. The second-order valence-corrected chi connectivity index (χ2v) is 7.26. The lowest BCUT2D eigenvalue weighted by Gasteiger charge is -2.14. The van der Waals surface area contributed by atoms with E-state index in [9.17, 15) is 8.42 Å². The van der Waals surface area contributed by atoms with Gasteiger partial charge in [-0.2, -0.15) is 0 Å². The van der Waals surface area contributed by atoms with Crippen molar-refractivity contribution in [1.29, 1.82) is 0 Å². The molecule has 0 bridgehead atoms. The van der Waals surface area contributed by atoms with Gasteiger partial charge in [0.05, 0.1) is 4.90 Å². The molecule has 0 aliphatic carbocycles. The van der Waals surface area contributed by atoms with Crippen LogP contribution in [0, 0.1) is 0 Å². The first kappa shape index (κ1) is 16.2. The van der Waals surface area contributed by atoms with Gasteiger partial charge in [-0.05, 0) is 36.6 Å². The lowest BCUT2D eigenvalue weighted by atomic mass is 10.1. The first-order chi connectivity index (χ1) is 10.0. The maximum atomic E-state index is 12.3. The van der Waals surface area contributed by atoms with Crippen LogP contribution < -0.4 is 4.72 Å². The van der Waals surface area contributed by atoms with Gasteiger partial charge in [-0.25, -0.2) is 13.1 Å². The summed E-state index contributed by atoms with van der Waals surface area (Å²) in [5, 5.41) is 0.713. The van der Waals surface area contributed by atoms with Crippen LogP contribution in [0.1, 0.15) is 18.1 Å². The molecule has 2 aromatic carbocycles. The molecule has 0 saturated carbocycles. The molecular formula is C16H18BrNO2S. The maximum Gasteiger partial charge on any atom is 0.240 e. The molecule has 3 nitrogen and oxygen atoms in total. The topological polar surface area (TPSA) is 46.2 Å². The maximum absolute atomic E-state index is 12.3. The molecule has 0 aliphatic rings. The predicted molar refractivity (Wildman–Crippen MR) is 89.0 cm³/mol. The molecule has 2 rings (SSSR count). The second kappa shape index (κ2) is 7.20. The zero-order valence-electron chi connectivity index (χ0n) is 11.8. The third kappa shape index (κ3) is 4.66. The first-order valence-corrected chi connectivity index (χ1v) is 9.33. The average molecular weight is 368 g/mol. The number of hydrogen-bond acceptors (Lipinski definition) is 2. The number of benzene rings is 2. The summed E-state index contributed by atoms with van der Waals surface area (Å²) >= 11 is 3.34. The minimum atomic E-state index is -3.47. The fourth-order valence-electron chi connectivity index (χ4n) is 2.10. The average Bonchev–Trinajstić information content (AvgIpc) is 2.47. The van der Waals surface area contributed by atoms with Crippen molar-refractivity contribution in [2.24, 2.45) is 0 Å². The standard InChI is InChI=1S/C16H18BrNO2S/c1-13(11-14-5-3-2-4-6-14)18-21(19,20)16-9-7-15(12-17)8-10-16/h2-10,13,18H,11-12H2,1H3. The van der Waals surface area contributed by atoms with Gasteiger partial charge >= 0.3 is 0 Å². The molecule has 0 radical (unpaired) electrons. The minimum absolute atomic E-state index is 0.159. The molecule has 0 saturated heterocycles. The summed E-state index contributed by atoms with van der Waals surface area (Å²) in [6.07, 6.45) is 0.666. The molecular weight excluding hydrogens is 350 g/mol. The van der Waals surface area contributed by atoms with Crippen LogP contribution in [-0.2, 0) is 21.8 Å². The van der Waals surface area contributed by atoms with Crippen molar-refractivity contribution in [3.05, 3.63) is 65.7 Å². The monoisotopic (exact) mass is 367 g/mol. The van der Waals surface area contributed by atoms with Gasteiger partial charge in [0.2, 0.25) is 10.0 Å². The molecule has 21 heavy (non-hydrogen) atoms. The molecule has 1 atom stereocenters. The SMILES string of the molecule is CC(Cc1ccccc1)NS(=O)(=O)c1ccc(CBr)cc1. The Morgan fingerprint density at radius 2 is 1.62 bits per heavy atom. The highest BCUT2D eigenvalue weighted by Crippen LogP contribution is 2.14. The number of sulfonamides is 1. The van der Waals surface area contributed by atoms with Crippen molar-refractivity contribution < 1.29 is 8.42 Å². The van der Waals surface area contributed by atoms with E-state index in [-0.39, 0.29) is 6.04 Å². The highest BCUT2D eigenvalue weighted by atomic mass is 79.9. The highest BCUT2D eigenvalue weighted by molar-refractivity contribution is 9.08. The Morgan fingerprint density at radius 3 is 2.19 bits per heavy atom. The number of hydrogen-bond donors (Lipinski definition) is 1. The van der Waals surface area contributed by atoms with E-state index in [4.69, 9.17) is 0 Å². The summed E-state index contributed by atoms with van der Waals surface area (Å²) in [5.74, 6) is 0. The molecule has 0 aliphatic heterocycles. The van der Waals surface area contributed by atoms with Gasteiger partial charge < -0.3 is 0 Å². The van der Waals surface area contributed by atoms with Crippen LogP contribution in [-0.4, -0.2) is 14.5 Å². The normalized spacial score (nSPS) is 13.0.